The molecule has 0 amide bonds. The van der Waals surface area contributed by atoms with Crippen molar-refractivity contribution in [1.82, 2.24) is 19.5 Å². The molecule has 182 valence electrons. The highest BCUT2D eigenvalue weighted by Crippen LogP contribution is 2.36. The number of para-hydroxylation sites is 2. The van der Waals surface area contributed by atoms with Gasteiger partial charge in [0.25, 0.3) is 0 Å². The number of nitrogens with two attached hydrogens (primary N) is 1. The first kappa shape index (κ1) is 23.0. The van der Waals surface area contributed by atoms with Gasteiger partial charge in [0.15, 0.2) is 5.69 Å². The fourth-order valence-electron chi connectivity index (χ4n) is 5.30. The van der Waals surface area contributed by atoms with Crippen LogP contribution in [-0.2, 0) is 6.42 Å². The Morgan fingerprint density at radius 3 is 2.49 bits per heavy atom. The average molecular weight is 505 g/mol. The number of nitriles is 1. The Labute approximate surface area is 217 Å². The third kappa shape index (κ3) is 3.68. The standard InChI is InChI=1S/C29H24N6OS/c1-16-28(20-7-3-5-9-22(20)32-16)35-24(15-31)27(34-29(35)36)26-19-6-2-4-8-21(19)33-23(26)13-18-12-17(14-30)10-11-25(18)37/h2-10,12,32-33H,11,13-14,30H2,1H3,(H,34,36). The summed E-state index contributed by atoms with van der Waals surface area (Å²) in [7, 11) is 0. The summed E-state index contributed by atoms with van der Waals surface area (Å²) in [6, 6.07) is 18.0. The summed E-state index contributed by atoms with van der Waals surface area (Å²) < 4.78 is 1.48. The molecule has 6 rings (SSSR count). The normalized spacial score (nSPS) is 13.7. The molecular formula is C29H24N6OS. The zero-order chi connectivity index (χ0) is 25.7. The molecule has 0 radical (unpaired) electrons. The maximum atomic E-state index is 13.5. The Morgan fingerprint density at radius 2 is 1.76 bits per heavy atom. The van der Waals surface area contributed by atoms with Crippen LogP contribution in [0, 0.1) is 18.3 Å². The highest BCUT2D eigenvalue weighted by atomic mass is 32.1. The molecule has 3 aromatic heterocycles. The van der Waals surface area contributed by atoms with Crippen LogP contribution in [0.1, 0.15) is 23.5 Å². The van der Waals surface area contributed by atoms with E-state index in [4.69, 9.17) is 18.0 Å². The van der Waals surface area contributed by atoms with Gasteiger partial charge in [-0.1, -0.05) is 60.8 Å². The van der Waals surface area contributed by atoms with Gasteiger partial charge >= 0.3 is 5.69 Å². The number of rotatable bonds is 5. The number of hydrogen-bond acceptors (Lipinski definition) is 4. The molecule has 0 fully saturated rings. The zero-order valence-electron chi connectivity index (χ0n) is 20.2. The van der Waals surface area contributed by atoms with Crippen molar-refractivity contribution < 1.29 is 0 Å². The van der Waals surface area contributed by atoms with Gasteiger partial charge < -0.3 is 20.7 Å². The van der Waals surface area contributed by atoms with E-state index in [1.165, 1.54) is 4.57 Å². The van der Waals surface area contributed by atoms with Crippen molar-refractivity contribution in [1.29, 1.82) is 5.26 Å². The van der Waals surface area contributed by atoms with Crippen LogP contribution in [0.4, 0.5) is 0 Å². The van der Waals surface area contributed by atoms with Crippen LogP contribution < -0.4 is 11.4 Å². The number of aromatic nitrogens is 4. The van der Waals surface area contributed by atoms with Crippen molar-refractivity contribution in [2.75, 3.05) is 6.54 Å². The van der Waals surface area contributed by atoms with Gasteiger partial charge in [0.2, 0.25) is 0 Å². The molecule has 1 aliphatic rings. The quantitative estimate of drug-likeness (QED) is 0.249. The van der Waals surface area contributed by atoms with Crippen LogP contribution in [0.15, 0.2) is 76.6 Å². The molecule has 37 heavy (non-hydrogen) atoms. The Bertz CT molecular complexity index is 1880. The van der Waals surface area contributed by atoms with Crippen molar-refractivity contribution in [2.45, 2.75) is 19.8 Å². The second-order valence-electron chi connectivity index (χ2n) is 9.23. The van der Waals surface area contributed by atoms with Gasteiger partial charge in [-0.3, -0.25) is 0 Å². The molecule has 5 aromatic rings. The maximum absolute atomic E-state index is 13.5. The van der Waals surface area contributed by atoms with Crippen molar-refractivity contribution in [3.05, 3.63) is 99.4 Å². The van der Waals surface area contributed by atoms with Crippen LogP contribution in [0.3, 0.4) is 0 Å². The van der Waals surface area contributed by atoms with E-state index in [1.807, 2.05) is 55.5 Å². The molecule has 5 N–H and O–H groups in total. The number of aromatic amines is 3. The molecule has 2 aromatic carbocycles. The lowest BCUT2D eigenvalue weighted by molar-refractivity contribution is 0.965. The number of H-pyrrole nitrogens is 3. The molecule has 3 heterocycles. The molecule has 7 nitrogen and oxygen atoms in total. The van der Waals surface area contributed by atoms with Crippen molar-refractivity contribution >= 4 is 38.9 Å². The fraction of sp³-hybridized carbons (Fsp3) is 0.138. The average Bonchev–Trinajstić information content (AvgIpc) is 3.54. The summed E-state index contributed by atoms with van der Waals surface area (Å²) in [5.41, 5.74) is 13.3. The van der Waals surface area contributed by atoms with E-state index < -0.39 is 0 Å². The fourth-order valence-corrected chi connectivity index (χ4v) is 5.52. The van der Waals surface area contributed by atoms with Crippen LogP contribution in [0.5, 0.6) is 0 Å². The van der Waals surface area contributed by atoms with Crippen LogP contribution >= 0.6 is 12.2 Å². The Balaban J connectivity index is 1.59. The minimum Gasteiger partial charge on any atom is -0.358 e. The SMILES string of the molecule is Cc1[nH]c2ccccc2c1-n1c(C#N)c(-c2c(CC3=CC(CN)=CCC3=S)[nH]c3ccccc23)[nH]c1=O. The smallest absolute Gasteiger partial charge is 0.331 e. The Hall–Kier alpha value is -4.45. The number of imidazole rings is 1. The third-order valence-electron chi connectivity index (χ3n) is 6.99. The van der Waals surface area contributed by atoms with Crippen molar-refractivity contribution in [2.24, 2.45) is 5.73 Å². The molecule has 0 unspecified atom stereocenters. The van der Waals surface area contributed by atoms with Crippen molar-refractivity contribution in [3.8, 4) is 23.0 Å². The second kappa shape index (κ2) is 8.89. The number of thiocarbonyl (C=S) groups is 1. The van der Waals surface area contributed by atoms with E-state index >= 15 is 0 Å². The molecule has 0 bridgehead atoms. The van der Waals surface area contributed by atoms with Crippen molar-refractivity contribution in [3.63, 3.8) is 0 Å². The van der Waals surface area contributed by atoms with Crippen LogP contribution in [0.25, 0.3) is 38.8 Å². The van der Waals surface area contributed by atoms with E-state index in [0.29, 0.717) is 30.8 Å². The minimum absolute atomic E-state index is 0.256. The molecule has 0 atom stereocenters. The van der Waals surface area contributed by atoms with Gasteiger partial charge in [0.05, 0.1) is 11.4 Å². The van der Waals surface area contributed by atoms with Crippen LogP contribution in [-0.4, -0.2) is 30.9 Å². The van der Waals surface area contributed by atoms with Gasteiger partial charge in [0.1, 0.15) is 6.07 Å². The molecule has 0 spiro atoms. The number of allylic oxidation sites excluding steroid dienone is 2. The highest BCUT2D eigenvalue weighted by Gasteiger charge is 2.26. The molecule has 0 saturated carbocycles. The summed E-state index contributed by atoms with van der Waals surface area (Å²) >= 11 is 5.67. The van der Waals surface area contributed by atoms with Gasteiger partial charge in [0, 0.05) is 63.0 Å². The number of nitrogens with zero attached hydrogens (tertiary/aromatic N) is 2. The molecular weight excluding hydrogens is 480 g/mol. The Morgan fingerprint density at radius 1 is 1.05 bits per heavy atom. The number of benzene rings is 2. The summed E-state index contributed by atoms with van der Waals surface area (Å²) in [6.07, 6.45) is 5.33. The maximum Gasteiger partial charge on any atom is 0.331 e. The van der Waals surface area contributed by atoms with Gasteiger partial charge in [-0.25, -0.2) is 9.36 Å². The molecule has 8 heteroatoms. The topological polar surface area (TPSA) is 119 Å². The van der Waals surface area contributed by atoms with Crippen LogP contribution in [0.2, 0.25) is 0 Å². The van der Waals surface area contributed by atoms with E-state index in [2.05, 4.69) is 33.2 Å². The van der Waals surface area contributed by atoms with E-state index in [-0.39, 0.29) is 11.4 Å². The molecule has 1 aliphatic carbocycles. The molecule has 0 aliphatic heterocycles. The van der Waals surface area contributed by atoms with E-state index in [9.17, 15) is 10.1 Å². The predicted molar refractivity (Wildman–Crippen MR) is 151 cm³/mol. The lowest BCUT2D eigenvalue weighted by Crippen LogP contribution is -2.16. The largest absolute Gasteiger partial charge is 0.358 e. The van der Waals surface area contributed by atoms with Gasteiger partial charge in [-0.15, -0.1) is 0 Å². The number of hydrogen-bond donors (Lipinski definition) is 4. The number of fused-ring (bicyclic) bond motifs is 2. The highest BCUT2D eigenvalue weighted by molar-refractivity contribution is 7.80. The Kier molecular flexibility index (Phi) is 5.52. The first-order chi connectivity index (χ1) is 18.0. The molecule has 0 saturated heterocycles. The minimum atomic E-state index is -0.364. The number of nitrogens with one attached hydrogen (secondary N) is 3. The lowest BCUT2D eigenvalue weighted by Gasteiger charge is -2.15. The third-order valence-corrected chi connectivity index (χ3v) is 7.42. The van der Waals surface area contributed by atoms with E-state index in [0.717, 1.165) is 54.8 Å². The number of aryl methyl sites for hydroxylation is 1. The summed E-state index contributed by atoms with van der Waals surface area (Å²) in [4.78, 5) is 24.2. The van der Waals surface area contributed by atoms with E-state index in [1.54, 1.807) is 0 Å². The van der Waals surface area contributed by atoms with Gasteiger partial charge in [-0.05, 0) is 30.2 Å². The summed E-state index contributed by atoms with van der Waals surface area (Å²) in [6.45, 7) is 2.36. The van der Waals surface area contributed by atoms with Gasteiger partial charge in [-0.2, -0.15) is 5.26 Å². The monoisotopic (exact) mass is 504 g/mol. The lowest BCUT2D eigenvalue weighted by atomic mass is 9.93. The first-order valence-electron chi connectivity index (χ1n) is 12.1. The first-order valence-corrected chi connectivity index (χ1v) is 12.5. The predicted octanol–water partition coefficient (Wildman–Crippen LogP) is 5.10. The zero-order valence-corrected chi connectivity index (χ0v) is 21.0. The summed E-state index contributed by atoms with van der Waals surface area (Å²) in [5, 5.41) is 12.2. The second-order valence-corrected chi connectivity index (χ2v) is 9.72. The summed E-state index contributed by atoms with van der Waals surface area (Å²) in [5.74, 6) is 0.